The highest BCUT2D eigenvalue weighted by Crippen LogP contribution is 2.26. The number of rotatable bonds is 7. The summed E-state index contributed by atoms with van der Waals surface area (Å²) in [6.07, 6.45) is 1.70. The molecule has 0 aromatic heterocycles. The third-order valence-electron chi connectivity index (χ3n) is 4.29. The molecule has 9 heteroatoms. The molecule has 2 N–H and O–H groups in total. The van der Waals surface area contributed by atoms with Crippen molar-refractivity contribution in [1.82, 2.24) is 4.31 Å². The van der Waals surface area contributed by atoms with Gasteiger partial charge in [0.25, 0.3) is 0 Å². The van der Waals surface area contributed by atoms with Gasteiger partial charge < -0.3 is 5.11 Å². The molecule has 0 amide bonds. The molecule has 1 aliphatic heterocycles. The van der Waals surface area contributed by atoms with Crippen LogP contribution >= 0.6 is 0 Å². The van der Waals surface area contributed by atoms with Crippen molar-refractivity contribution in [1.29, 1.82) is 0 Å². The maximum Gasteiger partial charge on any atom is 0.243 e. The van der Waals surface area contributed by atoms with Gasteiger partial charge in [-0.2, -0.15) is 4.31 Å². The molecule has 7 nitrogen and oxygen atoms in total. The third-order valence-corrected chi connectivity index (χ3v) is 7.69. The van der Waals surface area contributed by atoms with E-state index in [0.717, 1.165) is 6.42 Å². The Labute approximate surface area is 150 Å². The second kappa shape index (κ2) is 8.03. The van der Waals surface area contributed by atoms with Gasteiger partial charge in [0.15, 0.2) is 0 Å². The van der Waals surface area contributed by atoms with Crippen molar-refractivity contribution in [3.63, 3.8) is 0 Å². The normalized spacial score (nSPS) is 22.7. The number of anilines is 1. The Morgan fingerprint density at radius 1 is 1.20 bits per heavy atom. The summed E-state index contributed by atoms with van der Waals surface area (Å²) < 4.78 is 53.1. The van der Waals surface area contributed by atoms with E-state index in [-0.39, 0.29) is 23.2 Å². The number of nitrogens with one attached hydrogen (secondary N) is 1. The first-order valence-corrected chi connectivity index (χ1v) is 11.6. The minimum Gasteiger partial charge on any atom is -0.393 e. The lowest BCUT2D eigenvalue weighted by Gasteiger charge is -2.34. The van der Waals surface area contributed by atoms with Crippen LogP contribution in [0.2, 0.25) is 0 Å². The van der Waals surface area contributed by atoms with E-state index in [2.05, 4.69) is 4.72 Å². The van der Waals surface area contributed by atoms with E-state index in [1.807, 2.05) is 6.92 Å². The number of sulfonamides is 2. The molecule has 1 heterocycles. The van der Waals surface area contributed by atoms with Crippen LogP contribution in [0.4, 0.5) is 5.69 Å². The summed E-state index contributed by atoms with van der Waals surface area (Å²) in [6.45, 7) is 3.96. The molecule has 1 saturated heterocycles. The largest absolute Gasteiger partial charge is 0.393 e. The molecule has 1 aromatic rings. The van der Waals surface area contributed by atoms with Crippen LogP contribution in [0.15, 0.2) is 29.2 Å². The number of nitrogens with zero attached hydrogens (tertiary/aromatic N) is 1. The van der Waals surface area contributed by atoms with Crippen molar-refractivity contribution >= 4 is 25.7 Å². The van der Waals surface area contributed by atoms with E-state index >= 15 is 0 Å². The highest BCUT2D eigenvalue weighted by molar-refractivity contribution is 7.92. The number of hydrogen-bond donors (Lipinski definition) is 2. The molecule has 2 rings (SSSR count). The van der Waals surface area contributed by atoms with Gasteiger partial charge in [0, 0.05) is 18.3 Å². The first-order valence-electron chi connectivity index (χ1n) is 8.46. The second-order valence-corrected chi connectivity index (χ2v) is 10.2. The van der Waals surface area contributed by atoms with Crippen LogP contribution in [0.25, 0.3) is 0 Å². The van der Waals surface area contributed by atoms with E-state index < -0.39 is 26.2 Å². The molecular weight excluding hydrogens is 364 g/mol. The Kier molecular flexibility index (Phi) is 6.47. The molecule has 142 valence electrons. The zero-order chi connectivity index (χ0) is 18.7. The van der Waals surface area contributed by atoms with E-state index in [9.17, 15) is 21.9 Å². The van der Waals surface area contributed by atoms with Crippen molar-refractivity contribution < 1.29 is 21.9 Å². The van der Waals surface area contributed by atoms with Gasteiger partial charge in [-0.3, -0.25) is 4.72 Å². The van der Waals surface area contributed by atoms with Gasteiger partial charge in [0.2, 0.25) is 20.0 Å². The number of aliphatic hydroxyl groups excluding tert-OH is 1. The Hall–Kier alpha value is -1.16. The molecule has 0 bridgehead atoms. The van der Waals surface area contributed by atoms with Crippen molar-refractivity contribution in [3.8, 4) is 0 Å². The molecule has 0 aliphatic carbocycles. The van der Waals surface area contributed by atoms with Crippen molar-refractivity contribution in [2.75, 3.05) is 17.0 Å². The number of hydrogen-bond acceptors (Lipinski definition) is 5. The maximum absolute atomic E-state index is 12.7. The smallest absolute Gasteiger partial charge is 0.243 e. The number of unbranched alkanes of at least 4 members (excludes halogenated alkanes) is 1. The zero-order valence-corrected chi connectivity index (χ0v) is 16.2. The summed E-state index contributed by atoms with van der Waals surface area (Å²) in [5.41, 5.74) is 0.345. The molecule has 0 unspecified atom stereocenters. The van der Waals surface area contributed by atoms with Crippen LogP contribution in [-0.2, 0) is 20.0 Å². The number of aliphatic hydroxyl groups is 1. The maximum atomic E-state index is 12.7. The molecule has 0 spiro atoms. The summed E-state index contributed by atoms with van der Waals surface area (Å²) in [5, 5.41) is 9.65. The first-order chi connectivity index (χ1) is 11.7. The summed E-state index contributed by atoms with van der Waals surface area (Å²) in [6, 6.07) is 5.45. The van der Waals surface area contributed by atoms with Gasteiger partial charge in [-0.15, -0.1) is 0 Å². The fraction of sp³-hybridized carbons (Fsp3) is 0.625. The Morgan fingerprint density at radius 2 is 1.84 bits per heavy atom. The second-order valence-electron chi connectivity index (χ2n) is 6.44. The van der Waals surface area contributed by atoms with E-state index in [4.69, 9.17) is 0 Å². The fourth-order valence-electron chi connectivity index (χ4n) is 2.88. The van der Waals surface area contributed by atoms with Crippen LogP contribution in [0.1, 0.15) is 39.5 Å². The molecule has 25 heavy (non-hydrogen) atoms. The Bertz CT molecular complexity index is 775. The molecule has 0 radical (unpaired) electrons. The summed E-state index contributed by atoms with van der Waals surface area (Å²) in [7, 11) is -7.08. The summed E-state index contributed by atoms with van der Waals surface area (Å²) in [4.78, 5) is 0.118. The molecule has 1 fully saturated rings. The van der Waals surface area contributed by atoms with Crippen LogP contribution < -0.4 is 4.72 Å². The number of benzene rings is 1. The van der Waals surface area contributed by atoms with Gasteiger partial charge in [0.05, 0.1) is 16.8 Å². The molecular formula is C16H26N2O5S2. The van der Waals surface area contributed by atoms with Crippen molar-refractivity contribution in [2.45, 2.75) is 56.6 Å². The average Bonchev–Trinajstić information content (AvgIpc) is 2.53. The van der Waals surface area contributed by atoms with E-state index in [1.165, 1.54) is 28.6 Å². The van der Waals surface area contributed by atoms with Gasteiger partial charge in [0.1, 0.15) is 0 Å². The van der Waals surface area contributed by atoms with Crippen LogP contribution in [0.5, 0.6) is 0 Å². The van der Waals surface area contributed by atoms with Gasteiger partial charge in [-0.25, -0.2) is 16.8 Å². The Balaban J connectivity index is 2.13. The lowest BCUT2D eigenvalue weighted by Crippen LogP contribution is -2.45. The quantitative estimate of drug-likeness (QED) is 0.738. The van der Waals surface area contributed by atoms with E-state index in [1.54, 1.807) is 6.92 Å². The van der Waals surface area contributed by atoms with Crippen LogP contribution in [0.3, 0.4) is 0 Å². The molecule has 1 aliphatic rings. The van der Waals surface area contributed by atoms with Crippen molar-refractivity contribution in [3.05, 3.63) is 24.3 Å². The van der Waals surface area contributed by atoms with Crippen molar-refractivity contribution in [2.24, 2.45) is 0 Å². The fourth-order valence-corrected chi connectivity index (χ4v) is 5.80. The average molecular weight is 391 g/mol. The monoisotopic (exact) mass is 390 g/mol. The summed E-state index contributed by atoms with van der Waals surface area (Å²) >= 11 is 0. The van der Waals surface area contributed by atoms with Gasteiger partial charge >= 0.3 is 0 Å². The van der Waals surface area contributed by atoms with Gasteiger partial charge in [-0.05, 0) is 50.5 Å². The minimum absolute atomic E-state index is 0.0389. The van der Waals surface area contributed by atoms with Crippen LogP contribution in [-0.4, -0.2) is 50.7 Å². The summed E-state index contributed by atoms with van der Waals surface area (Å²) in [5.74, 6) is 0.0389. The first kappa shape index (κ1) is 20.2. The lowest BCUT2D eigenvalue weighted by molar-refractivity contribution is 0.0867. The predicted octanol–water partition coefficient (Wildman–Crippen LogP) is 1.76. The third kappa shape index (κ3) is 5.16. The highest BCUT2D eigenvalue weighted by Gasteiger charge is 2.33. The molecule has 0 saturated carbocycles. The highest BCUT2D eigenvalue weighted by atomic mass is 32.2. The van der Waals surface area contributed by atoms with E-state index in [0.29, 0.717) is 24.9 Å². The lowest BCUT2D eigenvalue weighted by atomic mass is 10.0. The zero-order valence-electron chi connectivity index (χ0n) is 14.6. The standard InChI is InChI=1S/C16H26N2O5S2/c1-3-4-11-24(20,21)17-14-5-7-16(8-6-14)25(22,23)18-10-9-15(19)12-13(18)2/h5-8,13,15,17,19H,3-4,9-12H2,1-2H3/t13-,15-/m0/s1. The number of piperidine rings is 1. The SMILES string of the molecule is CCCCS(=O)(=O)Nc1ccc(S(=O)(=O)N2CC[C@H](O)C[C@@H]2C)cc1. The van der Waals surface area contributed by atoms with Crippen LogP contribution in [0, 0.1) is 0 Å². The topological polar surface area (TPSA) is 104 Å². The molecule has 2 atom stereocenters. The predicted molar refractivity (Wildman–Crippen MR) is 97.4 cm³/mol. The molecule has 1 aromatic carbocycles. The minimum atomic E-state index is -3.66. The van der Waals surface area contributed by atoms with Gasteiger partial charge in [-0.1, -0.05) is 13.3 Å². The Morgan fingerprint density at radius 3 is 2.40 bits per heavy atom.